The molecule has 25 heavy (non-hydrogen) atoms. The van der Waals surface area contributed by atoms with Crippen molar-refractivity contribution in [2.24, 2.45) is 11.8 Å². The maximum atomic E-state index is 11.8. The molecule has 1 aromatic carbocycles. The summed E-state index contributed by atoms with van der Waals surface area (Å²) in [5.41, 5.74) is 0.835. The van der Waals surface area contributed by atoms with Crippen LogP contribution in [0, 0.1) is 11.8 Å². The molecule has 1 amide bonds. The zero-order valence-corrected chi connectivity index (χ0v) is 14.6. The topological polar surface area (TPSA) is 90.9 Å². The quantitative estimate of drug-likeness (QED) is 0.598. The van der Waals surface area contributed by atoms with Crippen molar-refractivity contribution in [3.05, 3.63) is 35.9 Å². The summed E-state index contributed by atoms with van der Waals surface area (Å²) in [6.07, 6.45) is -1.56. The summed E-state index contributed by atoms with van der Waals surface area (Å²) >= 11 is 0. The lowest BCUT2D eigenvalue weighted by Gasteiger charge is -2.41. The Kier molecular flexibility index (Phi) is 6.38. The Morgan fingerprint density at radius 2 is 1.84 bits per heavy atom. The predicted octanol–water partition coefficient (Wildman–Crippen LogP) is 2.04. The maximum absolute atomic E-state index is 11.8. The van der Waals surface area contributed by atoms with Crippen LogP contribution < -0.4 is 5.32 Å². The molecule has 7 heteroatoms. The van der Waals surface area contributed by atoms with Crippen LogP contribution >= 0.6 is 0 Å². The van der Waals surface area contributed by atoms with E-state index in [1.165, 1.54) is 0 Å². The second-order valence-corrected chi connectivity index (χ2v) is 5.95. The number of carbonyl (C=O) groups excluding carboxylic acids is 3. The fourth-order valence-electron chi connectivity index (χ4n) is 2.75. The van der Waals surface area contributed by atoms with Gasteiger partial charge in [0.1, 0.15) is 12.7 Å². The Hall–Kier alpha value is -2.57. The number of rotatable bonds is 7. The van der Waals surface area contributed by atoms with Crippen molar-refractivity contribution in [1.29, 1.82) is 0 Å². The number of esters is 1. The highest BCUT2D eigenvalue weighted by molar-refractivity contribution is 5.89. The van der Waals surface area contributed by atoms with Crippen LogP contribution in [0.4, 0.5) is 4.79 Å². The average Bonchev–Trinajstić information content (AvgIpc) is 2.58. The lowest BCUT2D eigenvalue weighted by atomic mass is 9.79. The lowest BCUT2D eigenvalue weighted by molar-refractivity contribution is -0.156. The van der Waals surface area contributed by atoms with Gasteiger partial charge in [0.15, 0.2) is 0 Å². The highest BCUT2D eigenvalue weighted by Crippen LogP contribution is 2.28. The van der Waals surface area contributed by atoms with Crippen LogP contribution in [0.25, 0.3) is 0 Å². The van der Waals surface area contributed by atoms with Crippen molar-refractivity contribution in [3.8, 4) is 0 Å². The van der Waals surface area contributed by atoms with Gasteiger partial charge in [0, 0.05) is 0 Å². The van der Waals surface area contributed by atoms with Crippen LogP contribution in [-0.2, 0) is 30.4 Å². The number of hydrogen-bond donors (Lipinski definition) is 1. The third-order valence-corrected chi connectivity index (χ3v) is 4.18. The Morgan fingerprint density at radius 1 is 1.16 bits per heavy atom. The first-order chi connectivity index (χ1) is 11.9. The summed E-state index contributed by atoms with van der Waals surface area (Å²) < 4.78 is 15.2. The van der Waals surface area contributed by atoms with Gasteiger partial charge in [-0.05, 0) is 26.3 Å². The highest BCUT2D eigenvalue weighted by Gasteiger charge is 2.49. The first kappa shape index (κ1) is 18.8. The first-order valence-electron chi connectivity index (χ1n) is 8.28. The summed E-state index contributed by atoms with van der Waals surface area (Å²) in [5, 5.41) is 2.67. The van der Waals surface area contributed by atoms with E-state index in [0.29, 0.717) is 0 Å². The molecule has 1 saturated heterocycles. The largest absolute Gasteiger partial charge is 0.508 e. The fourth-order valence-corrected chi connectivity index (χ4v) is 2.75. The molecular formula is C18H23NO6. The van der Waals surface area contributed by atoms with E-state index >= 15 is 0 Å². The molecule has 2 unspecified atom stereocenters. The smallest absolute Gasteiger partial charge is 0.466 e. The van der Waals surface area contributed by atoms with Gasteiger partial charge in [0.25, 0.3) is 0 Å². The van der Waals surface area contributed by atoms with E-state index in [1.807, 2.05) is 30.3 Å². The number of hydrogen-bond acceptors (Lipinski definition) is 6. The van der Waals surface area contributed by atoms with Crippen molar-refractivity contribution >= 4 is 18.0 Å². The van der Waals surface area contributed by atoms with E-state index in [2.05, 4.69) is 5.32 Å². The molecule has 2 rings (SSSR count). The number of amides is 1. The molecule has 0 saturated carbocycles. The molecular weight excluding hydrogens is 326 g/mol. The van der Waals surface area contributed by atoms with Crippen molar-refractivity contribution in [2.45, 2.75) is 39.5 Å². The molecule has 0 radical (unpaired) electrons. The van der Waals surface area contributed by atoms with E-state index in [1.54, 1.807) is 20.8 Å². The monoisotopic (exact) mass is 349 g/mol. The van der Waals surface area contributed by atoms with Crippen LogP contribution in [0.2, 0.25) is 0 Å². The van der Waals surface area contributed by atoms with Gasteiger partial charge in [-0.2, -0.15) is 0 Å². The molecule has 7 nitrogen and oxygen atoms in total. The van der Waals surface area contributed by atoms with Gasteiger partial charge in [0.05, 0.1) is 24.5 Å². The molecule has 1 heterocycles. The summed E-state index contributed by atoms with van der Waals surface area (Å²) in [6, 6.07) is 8.77. The second-order valence-electron chi connectivity index (χ2n) is 5.95. The summed E-state index contributed by atoms with van der Waals surface area (Å²) in [6.45, 7) is 5.36. The molecule has 1 fully saturated rings. The second kappa shape index (κ2) is 8.50. The Labute approximate surface area is 146 Å². The molecule has 1 aliphatic heterocycles. The predicted molar refractivity (Wildman–Crippen MR) is 88.4 cm³/mol. The van der Waals surface area contributed by atoms with Crippen LogP contribution in [0.1, 0.15) is 26.3 Å². The first-order valence-corrected chi connectivity index (χ1v) is 8.28. The molecule has 136 valence electrons. The number of nitrogens with one attached hydrogen (secondary N) is 1. The maximum Gasteiger partial charge on any atom is 0.508 e. The number of carbonyl (C=O) groups is 3. The van der Waals surface area contributed by atoms with E-state index < -0.39 is 36.1 Å². The minimum Gasteiger partial charge on any atom is -0.466 e. The van der Waals surface area contributed by atoms with Crippen molar-refractivity contribution in [2.75, 3.05) is 6.61 Å². The van der Waals surface area contributed by atoms with Crippen molar-refractivity contribution < 1.29 is 28.6 Å². The highest BCUT2D eigenvalue weighted by atomic mass is 16.7. The van der Waals surface area contributed by atoms with E-state index in [4.69, 9.17) is 14.2 Å². The lowest BCUT2D eigenvalue weighted by Crippen LogP contribution is -2.66. The van der Waals surface area contributed by atoms with Gasteiger partial charge >= 0.3 is 12.1 Å². The standard InChI is InChI=1S/C18H23NO6/c1-4-23-17(21)11(2)15-14(16(20)19-15)12(3)25-18(22)24-10-13-8-6-5-7-9-13/h5-9,11-12,14-15H,4,10H2,1-3H3,(H,19,20)/t11?,12?,14-,15-/m1/s1. The van der Waals surface area contributed by atoms with Crippen LogP contribution in [0.5, 0.6) is 0 Å². The van der Waals surface area contributed by atoms with E-state index in [0.717, 1.165) is 5.56 Å². The van der Waals surface area contributed by atoms with Gasteiger partial charge < -0.3 is 19.5 Å². The Bertz CT molecular complexity index is 617. The molecule has 1 aliphatic rings. The van der Waals surface area contributed by atoms with Crippen molar-refractivity contribution in [1.82, 2.24) is 5.32 Å². The zero-order chi connectivity index (χ0) is 18.4. The van der Waals surface area contributed by atoms with Gasteiger partial charge in [-0.3, -0.25) is 9.59 Å². The molecule has 1 N–H and O–H groups in total. The number of ether oxygens (including phenoxy) is 3. The van der Waals surface area contributed by atoms with E-state index in [-0.39, 0.29) is 19.1 Å². The third-order valence-electron chi connectivity index (χ3n) is 4.18. The molecule has 1 aromatic rings. The van der Waals surface area contributed by atoms with Crippen molar-refractivity contribution in [3.63, 3.8) is 0 Å². The minimum absolute atomic E-state index is 0.0892. The fraction of sp³-hybridized carbons (Fsp3) is 0.500. The SMILES string of the molecule is CCOC(=O)C(C)[C@H]1NC(=O)[C@@H]1C(C)OC(=O)OCc1ccccc1. The number of β-lactam (4-membered cyclic amide) rings is 1. The third kappa shape index (κ3) is 4.71. The summed E-state index contributed by atoms with van der Waals surface area (Å²) in [4.78, 5) is 35.5. The number of benzene rings is 1. The summed E-state index contributed by atoms with van der Waals surface area (Å²) in [7, 11) is 0. The van der Waals surface area contributed by atoms with Gasteiger partial charge in [-0.25, -0.2) is 4.79 Å². The Balaban J connectivity index is 1.85. The zero-order valence-electron chi connectivity index (χ0n) is 14.6. The molecule has 0 aromatic heterocycles. The molecule has 0 aliphatic carbocycles. The van der Waals surface area contributed by atoms with Gasteiger partial charge in [-0.1, -0.05) is 30.3 Å². The van der Waals surface area contributed by atoms with E-state index in [9.17, 15) is 14.4 Å². The molecule has 4 atom stereocenters. The molecule has 0 bridgehead atoms. The van der Waals surface area contributed by atoms with Gasteiger partial charge in [-0.15, -0.1) is 0 Å². The molecule has 0 spiro atoms. The average molecular weight is 349 g/mol. The van der Waals surface area contributed by atoms with Crippen LogP contribution in [0.3, 0.4) is 0 Å². The van der Waals surface area contributed by atoms with Crippen LogP contribution in [0.15, 0.2) is 30.3 Å². The summed E-state index contributed by atoms with van der Waals surface area (Å²) in [5.74, 6) is -1.78. The Morgan fingerprint density at radius 3 is 2.44 bits per heavy atom. The normalized spacial score (nSPS) is 21.3. The minimum atomic E-state index is -0.849. The van der Waals surface area contributed by atoms with Crippen LogP contribution in [-0.4, -0.2) is 36.8 Å². The van der Waals surface area contributed by atoms with Gasteiger partial charge in [0.2, 0.25) is 5.91 Å².